The molecule has 3 heteroatoms. The zero-order valence-electron chi connectivity index (χ0n) is 10.3. The molecular formula is C13H19NO2. The molecule has 0 amide bonds. The van der Waals surface area contributed by atoms with Crippen molar-refractivity contribution in [2.45, 2.75) is 33.7 Å². The van der Waals surface area contributed by atoms with Gasteiger partial charge < -0.3 is 10.0 Å². The van der Waals surface area contributed by atoms with Crippen LogP contribution in [-0.2, 0) is 4.79 Å². The van der Waals surface area contributed by atoms with Crippen LogP contribution in [0.1, 0.15) is 25.0 Å². The Balaban J connectivity index is 3.12. The fraction of sp³-hybridized carbons (Fsp3) is 0.462. The molecule has 0 aromatic heterocycles. The van der Waals surface area contributed by atoms with Crippen molar-refractivity contribution in [3.8, 4) is 0 Å². The second kappa shape index (κ2) is 5.01. The molecule has 0 heterocycles. The number of carbonyl (C=O) groups is 1. The lowest BCUT2D eigenvalue weighted by Gasteiger charge is -2.29. The first-order valence-electron chi connectivity index (χ1n) is 5.54. The molecule has 0 fully saturated rings. The maximum absolute atomic E-state index is 11.0. The Labute approximate surface area is 96.7 Å². The molecule has 0 saturated heterocycles. The summed E-state index contributed by atoms with van der Waals surface area (Å²) >= 11 is 0. The number of nitrogens with zero attached hydrogens (tertiary/aromatic N) is 1. The Bertz CT molecular complexity index is 388. The second-order valence-corrected chi connectivity index (χ2v) is 4.09. The number of benzene rings is 1. The lowest BCUT2D eigenvalue weighted by Crippen LogP contribution is -2.39. The standard InChI is InChI=1S/C13H19NO2/c1-5-14(11(4)13(15)16)12-8-9(2)6-7-10(12)3/h6-8,11H,5H2,1-4H3,(H,15,16)/t11-/m1/s1. The first-order valence-corrected chi connectivity index (χ1v) is 5.54. The fourth-order valence-corrected chi connectivity index (χ4v) is 1.82. The quantitative estimate of drug-likeness (QED) is 0.849. The van der Waals surface area contributed by atoms with Gasteiger partial charge in [-0.2, -0.15) is 0 Å². The molecule has 0 spiro atoms. The maximum Gasteiger partial charge on any atom is 0.326 e. The van der Waals surface area contributed by atoms with Gasteiger partial charge in [-0.25, -0.2) is 4.79 Å². The molecule has 16 heavy (non-hydrogen) atoms. The average molecular weight is 221 g/mol. The molecule has 1 atom stereocenters. The van der Waals surface area contributed by atoms with Crippen molar-refractivity contribution in [2.75, 3.05) is 11.4 Å². The number of hydrogen-bond donors (Lipinski definition) is 1. The highest BCUT2D eigenvalue weighted by Crippen LogP contribution is 2.23. The molecule has 88 valence electrons. The van der Waals surface area contributed by atoms with E-state index in [1.807, 2.05) is 43.9 Å². The second-order valence-electron chi connectivity index (χ2n) is 4.09. The summed E-state index contributed by atoms with van der Waals surface area (Å²) < 4.78 is 0. The number of hydrogen-bond acceptors (Lipinski definition) is 2. The number of aliphatic carboxylic acids is 1. The van der Waals surface area contributed by atoms with E-state index >= 15 is 0 Å². The summed E-state index contributed by atoms with van der Waals surface area (Å²) in [7, 11) is 0. The van der Waals surface area contributed by atoms with Crippen LogP contribution in [0.2, 0.25) is 0 Å². The van der Waals surface area contributed by atoms with Gasteiger partial charge in [0.2, 0.25) is 0 Å². The highest BCUT2D eigenvalue weighted by molar-refractivity contribution is 5.78. The van der Waals surface area contributed by atoms with Gasteiger partial charge in [-0.05, 0) is 44.9 Å². The van der Waals surface area contributed by atoms with Gasteiger partial charge in [0.1, 0.15) is 6.04 Å². The van der Waals surface area contributed by atoms with E-state index in [1.54, 1.807) is 6.92 Å². The summed E-state index contributed by atoms with van der Waals surface area (Å²) in [5.74, 6) is -0.789. The fourth-order valence-electron chi connectivity index (χ4n) is 1.82. The zero-order chi connectivity index (χ0) is 12.3. The predicted octanol–water partition coefficient (Wildman–Crippen LogP) is 2.60. The number of anilines is 1. The summed E-state index contributed by atoms with van der Waals surface area (Å²) in [5, 5.41) is 9.06. The molecule has 0 saturated carbocycles. The lowest BCUT2D eigenvalue weighted by molar-refractivity contribution is -0.138. The molecule has 1 rings (SSSR count). The summed E-state index contributed by atoms with van der Waals surface area (Å²) in [5.41, 5.74) is 3.27. The van der Waals surface area contributed by atoms with E-state index in [0.29, 0.717) is 6.54 Å². The molecule has 0 bridgehead atoms. The van der Waals surface area contributed by atoms with Crippen LogP contribution in [-0.4, -0.2) is 23.7 Å². The van der Waals surface area contributed by atoms with E-state index < -0.39 is 12.0 Å². The van der Waals surface area contributed by atoms with E-state index in [-0.39, 0.29) is 0 Å². The molecule has 0 aliphatic heterocycles. The molecule has 1 N–H and O–H groups in total. The highest BCUT2D eigenvalue weighted by Gasteiger charge is 2.20. The number of rotatable bonds is 4. The topological polar surface area (TPSA) is 40.5 Å². The third-order valence-electron chi connectivity index (χ3n) is 2.84. The first-order chi connectivity index (χ1) is 7.47. The predicted molar refractivity (Wildman–Crippen MR) is 66.0 cm³/mol. The lowest BCUT2D eigenvalue weighted by atomic mass is 10.1. The molecule has 1 aromatic rings. The Morgan fingerprint density at radius 2 is 2.06 bits per heavy atom. The summed E-state index contributed by atoms with van der Waals surface area (Å²) in [6, 6.07) is 5.61. The summed E-state index contributed by atoms with van der Waals surface area (Å²) in [6.07, 6.45) is 0. The van der Waals surface area contributed by atoms with Crippen LogP contribution in [0.15, 0.2) is 18.2 Å². The van der Waals surface area contributed by atoms with Gasteiger partial charge >= 0.3 is 5.97 Å². The van der Waals surface area contributed by atoms with Gasteiger partial charge in [0, 0.05) is 12.2 Å². The monoisotopic (exact) mass is 221 g/mol. The third kappa shape index (κ3) is 2.54. The van der Waals surface area contributed by atoms with Crippen LogP contribution in [0.4, 0.5) is 5.69 Å². The Morgan fingerprint density at radius 3 is 2.56 bits per heavy atom. The van der Waals surface area contributed by atoms with Crippen molar-refractivity contribution in [1.82, 2.24) is 0 Å². The van der Waals surface area contributed by atoms with Crippen molar-refractivity contribution in [1.29, 1.82) is 0 Å². The van der Waals surface area contributed by atoms with Crippen molar-refractivity contribution >= 4 is 11.7 Å². The Morgan fingerprint density at radius 1 is 1.44 bits per heavy atom. The van der Waals surface area contributed by atoms with Crippen molar-refractivity contribution in [2.24, 2.45) is 0 Å². The van der Waals surface area contributed by atoms with Crippen LogP contribution in [0.5, 0.6) is 0 Å². The van der Waals surface area contributed by atoms with Gasteiger partial charge in [0.05, 0.1) is 0 Å². The van der Waals surface area contributed by atoms with Gasteiger partial charge in [-0.1, -0.05) is 12.1 Å². The minimum Gasteiger partial charge on any atom is -0.480 e. The smallest absolute Gasteiger partial charge is 0.326 e. The van der Waals surface area contributed by atoms with Crippen LogP contribution >= 0.6 is 0 Å². The van der Waals surface area contributed by atoms with Gasteiger partial charge in [0.25, 0.3) is 0 Å². The molecule has 3 nitrogen and oxygen atoms in total. The minimum atomic E-state index is -0.789. The number of carboxylic acid groups (broad SMARTS) is 1. The summed E-state index contributed by atoms with van der Waals surface area (Å²) in [4.78, 5) is 12.9. The molecule has 0 radical (unpaired) electrons. The van der Waals surface area contributed by atoms with Crippen LogP contribution < -0.4 is 4.90 Å². The molecule has 1 aromatic carbocycles. The molecule has 0 aliphatic carbocycles. The van der Waals surface area contributed by atoms with Crippen LogP contribution in [0.3, 0.4) is 0 Å². The number of carboxylic acids is 1. The SMILES string of the molecule is CCN(c1cc(C)ccc1C)[C@H](C)C(=O)O. The molecule has 0 aliphatic rings. The first kappa shape index (κ1) is 12.6. The van der Waals surface area contributed by atoms with E-state index in [0.717, 1.165) is 16.8 Å². The zero-order valence-corrected chi connectivity index (χ0v) is 10.3. The van der Waals surface area contributed by atoms with Crippen molar-refractivity contribution in [3.63, 3.8) is 0 Å². The maximum atomic E-state index is 11.0. The number of likely N-dealkylation sites (N-methyl/N-ethyl adjacent to an activating group) is 1. The summed E-state index contributed by atoms with van der Waals surface area (Å²) in [6.45, 7) is 8.40. The van der Waals surface area contributed by atoms with Gasteiger partial charge in [-0.15, -0.1) is 0 Å². The van der Waals surface area contributed by atoms with Gasteiger partial charge in [0.15, 0.2) is 0 Å². The molecule has 0 unspecified atom stereocenters. The third-order valence-corrected chi connectivity index (χ3v) is 2.84. The minimum absolute atomic E-state index is 0.495. The van der Waals surface area contributed by atoms with Crippen molar-refractivity contribution in [3.05, 3.63) is 29.3 Å². The van der Waals surface area contributed by atoms with E-state index in [2.05, 4.69) is 0 Å². The highest BCUT2D eigenvalue weighted by atomic mass is 16.4. The largest absolute Gasteiger partial charge is 0.480 e. The van der Waals surface area contributed by atoms with E-state index in [4.69, 9.17) is 5.11 Å². The molecular weight excluding hydrogens is 202 g/mol. The number of aryl methyl sites for hydroxylation is 2. The van der Waals surface area contributed by atoms with Crippen LogP contribution in [0.25, 0.3) is 0 Å². The van der Waals surface area contributed by atoms with Crippen LogP contribution in [0, 0.1) is 13.8 Å². The van der Waals surface area contributed by atoms with E-state index in [1.165, 1.54) is 0 Å². The van der Waals surface area contributed by atoms with Gasteiger partial charge in [-0.3, -0.25) is 0 Å². The Kier molecular flexibility index (Phi) is 3.93. The van der Waals surface area contributed by atoms with Crippen molar-refractivity contribution < 1.29 is 9.90 Å². The normalized spacial score (nSPS) is 12.2. The average Bonchev–Trinajstić information content (AvgIpc) is 2.23. The van der Waals surface area contributed by atoms with E-state index in [9.17, 15) is 4.79 Å². The Hall–Kier alpha value is -1.51.